The summed E-state index contributed by atoms with van der Waals surface area (Å²) in [4.78, 5) is 20.1. The van der Waals surface area contributed by atoms with Crippen molar-refractivity contribution in [2.45, 2.75) is 32.0 Å². The highest BCUT2D eigenvalue weighted by Crippen LogP contribution is 2.29. The van der Waals surface area contributed by atoms with E-state index in [-0.39, 0.29) is 6.42 Å². The van der Waals surface area contributed by atoms with Gasteiger partial charge in [-0.05, 0) is 26.0 Å². The van der Waals surface area contributed by atoms with E-state index in [1.807, 2.05) is 11.4 Å². The topological polar surface area (TPSA) is 54.9 Å². The molecule has 0 aliphatic heterocycles. The van der Waals surface area contributed by atoms with E-state index in [9.17, 15) is 18.0 Å². The molecule has 1 amide bonds. The van der Waals surface area contributed by atoms with E-state index >= 15 is 0 Å². The minimum absolute atomic E-state index is 0.206. The first kappa shape index (κ1) is 16.4. The number of rotatable bonds is 4. The van der Waals surface area contributed by atoms with E-state index in [1.54, 1.807) is 23.7 Å². The van der Waals surface area contributed by atoms with Gasteiger partial charge >= 0.3 is 6.18 Å². The molecule has 0 bridgehead atoms. The Morgan fingerprint density at radius 2 is 2.05 bits per heavy atom. The highest BCUT2D eigenvalue weighted by atomic mass is 32.1. The van der Waals surface area contributed by atoms with Crippen LogP contribution in [0.25, 0.3) is 10.7 Å². The summed E-state index contributed by atoms with van der Waals surface area (Å²) in [7, 11) is 0. The van der Waals surface area contributed by atoms with Crippen molar-refractivity contribution in [3.8, 4) is 10.7 Å². The number of halogens is 3. The Hall–Kier alpha value is -1.96. The summed E-state index contributed by atoms with van der Waals surface area (Å²) in [5.41, 5.74) is -1.19. The minimum atomic E-state index is -4.51. The summed E-state index contributed by atoms with van der Waals surface area (Å²) in [6.45, 7) is 1.84. The zero-order chi connectivity index (χ0) is 16.4. The van der Waals surface area contributed by atoms with Crippen molar-refractivity contribution in [3.63, 3.8) is 0 Å². The lowest BCUT2D eigenvalue weighted by Crippen LogP contribution is -2.54. The molecule has 0 saturated heterocycles. The quantitative estimate of drug-likeness (QED) is 0.937. The zero-order valence-electron chi connectivity index (χ0n) is 11.9. The summed E-state index contributed by atoms with van der Waals surface area (Å²) in [5, 5.41) is 4.25. The number of carbonyl (C=O) groups excluding carboxylic acids is 1. The van der Waals surface area contributed by atoms with Crippen LogP contribution < -0.4 is 5.32 Å². The molecule has 0 fully saturated rings. The molecule has 0 saturated carbocycles. The number of nitrogens with one attached hydrogen (secondary N) is 1. The zero-order valence-corrected chi connectivity index (χ0v) is 12.8. The van der Waals surface area contributed by atoms with Crippen LogP contribution in [0.1, 0.15) is 19.5 Å². The maximum atomic E-state index is 12.7. The minimum Gasteiger partial charge on any atom is -0.342 e. The smallest absolute Gasteiger partial charge is 0.342 e. The molecule has 2 rings (SSSR count). The molecule has 2 heterocycles. The van der Waals surface area contributed by atoms with E-state index in [0.29, 0.717) is 16.4 Å². The van der Waals surface area contributed by atoms with Gasteiger partial charge in [-0.25, -0.2) is 4.98 Å². The average molecular weight is 329 g/mol. The molecule has 1 N–H and O–H groups in total. The van der Waals surface area contributed by atoms with Gasteiger partial charge in [-0.2, -0.15) is 13.2 Å². The molecule has 2 aromatic rings. The van der Waals surface area contributed by atoms with Crippen molar-refractivity contribution in [2.75, 3.05) is 0 Å². The summed E-state index contributed by atoms with van der Waals surface area (Å²) < 4.78 is 38.2. The maximum absolute atomic E-state index is 12.7. The fourth-order valence-corrected chi connectivity index (χ4v) is 2.42. The Labute approximate surface area is 129 Å². The highest BCUT2D eigenvalue weighted by Gasteiger charge is 2.48. The fourth-order valence-electron chi connectivity index (χ4n) is 1.62. The molecule has 0 aliphatic carbocycles. The molecule has 0 atom stereocenters. The Bertz CT molecular complexity index is 653. The van der Waals surface area contributed by atoms with E-state index in [4.69, 9.17) is 0 Å². The van der Waals surface area contributed by atoms with E-state index in [2.05, 4.69) is 9.97 Å². The van der Waals surface area contributed by atoms with Crippen LogP contribution in [0.2, 0.25) is 0 Å². The van der Waals surface area contributed by atoms with Crippen molar-refractivity contribution in [1.29, 1.82) is 0 Å². The molecule has 118 valence electrons. The van der Waals surface area contributed by atoms with Crippen molar-refractivity contribution >= 4 is 17.2 Å². The SMILES string of the molecule is CC(C)(NC(=O)Cc1csc(-c2ccccn2)n1)C(F)(F)F. The lowest BCUT2D eigenvalue weighted by atomic mass is 10.0. The number of aromatic nitrogens is 2. The lowest BCUT2D eigenvalue weighted by Gasteiger charge is -2.28. The molecule has 2 aromatic heterocycles. The molecule has 0 aromatic carbocycles. The molecule has 0 spiro atoms. The van der Waals surface area contributed by atoms with Gasteiger partial charge in [0.15, 0.2) is 0 Å². The number of hydrogen-bond acceptors (Lipinski definition) is 4. The second kappa shape index (κ2) is 6.04. The van der Waals surface area contributed by atoms with E-state index in [0.717, 1.165) is 13.8 Å². The lowest BCUT2D eigenvalue weighted by molar-refractivity contribution is -0.188. The van der Waals surface area contributed by atoms with Crippen molar-refractivity contribution in [2.24, 2.45) is 0 Å². The summed E-state index contributed by atoms with van der Waals surface area (Å²) >= 11 is 1.29. The number of thiazole rings is 1. The molecule has 0 radical (unpaired) electrons. The van der Waals surface area contributed by atoms with Gasteiger partial charge in [-0.15, -0.1) is 11.3 Å². The van der Waals surface area contributed by atoms with E-state index < -0.39 is 17.6 Å². The Balaban J connectivity index is 2.03. The number of alkyl halides is 3. The standard InChI is InChI=1S/C14H14F3N3OS/c1-13(2,14(15,16)17)20-11(21)7-9-8-22-12(19-9)10-5-3-4-6-18-10/h3-6,8H,7H2,1-2H3,(H,20,21). The third-order valence-electron chi connectivity index (χ3n) is 2.94. The van der Waals surface area contributed by atoms with Crippen LogP contribution in [-0.2, 0) is 11.2 Å². The Morgan fingerprint density at radius 3 is 2.64 bits per heavy atom. The van der Waals surface area contributed by atoms with Gasteiger partial charge in [0.1, 0.15) is 10.5 Å². The number of hydrogen-bond donors (Lipinski definition) is 1. The van der Waals surface area contributed by atoms with Gasteiger partial charge in [0.05, 0.1) is 17.8 Å². The van der Waals surface area contributed by atoms with Gasteiger partial charge in [-0.1, -0.05) is 6.07 Å². The van der Waals surface area contributed by atoms with Gasteiger partial charge < -0.3 is 5.32 Å². The number of nitrogens with zero attached hydrogens (tertiary/aromatic N) is 2. The van der Waals surface area contributed by atoms with Crippen molar-refractivity contribution in [3.05, 3.63) is 35.5 Å². The molecular weight excluding hydrogens is 315 g/mol. The predicted octanol–water partition coefficient (Wildman–Crippen LogP) is 3.20. The summed E-state index contributed by atoms with van der Waals surface area (Å²) in [6.07, 6.45) is -3.10. The largest absolute Gasteiger partial charge is 0.410 e. The van der Waals surface area contributed by atoms with Crippen molar-refractivity contribution < 1.29 is 18.0 Å². The number of carbonyl (C=O) groups is 1. The molecular formula is C14H14F3N3OS. The van der Waals surface area contributed by atoms with Crippen LogP contribution >= 0.6 is 11.3 Å². The Morgan fingerprint density at radius 1 is 1.32 bits per heavy atom. The van der Waals surface area contributed by atoms with Crippen LogP contribution in [0.4, 0.5) is 13.2 Å². The van der Waals surface area contributed by atoms with Gasteiger partial charge in [0.25, 0.3) is 0 Å². The van der Waals surface area contributed by atoms with Gasteiger partial charge in [-0.3, -0.25) is 9.78 Å². The Kier molecular flexibility index (Phi) is 4.50. The first-order valence-corrected chi connectivity index (χ1v) is 7.30. The van der Waals surface area contributed by atoms with Gasteiger partial charge in [0, 0.05) is 11.6 Å². The van der Waals surface area contributed by atoms with Gasteiger partial charge in [0.2, 0.25) is 5.91 Å². The number of pyridine rings is 1. The average Bonchev–Trinajstić information content (AvgIpc) is 2.86. The third-order valence-corrected chi connectivity index (χ3v) is 3.85. The predicted molar refractivity (Wildman–Crippen MR) is 77.3 cm³/mol. The molecule has 22 heavy (non-hydrogen) atoms. The first-order valence-electron chi connectivity index (χ1n) is 6.42. The second-order valence-electron chi connectivity index (χ2n) is 5.21. The highest BCUT2D eigenvalue weighted by molar-refractivity contribution is 7.13. The third kappa shape index (κ3) is 3.82. The first-order chi connectivity index (χ1) is 10.2. The number of amides is 1. The van der Waals surface area contributed by atoms with Crippen LogP contribution in [-0.4, -0.2) is 27.6 Å². The molecule has 8 heteroatoms. The van der Waals surface area contributed by atoms with Crippen LogP contribution in [0.15, 0.2) is 29.8 Å². The molecule has 0 aliphatic rings. The summed E-state index contributed by atoms with van der Waals surface area (Å²) in [6, 6.07) is 5.35. The monoisotopic (exact) mass is 329 g/mol. The van der Waals surface area contributed by atoms with Crippen molar-refractivity contribution in [1.82, 2.24) is 15.3 Å². The molecule has 4 nitrogen and oxygen atoms in total. The maximum Gasteiger partial charge on any atom is 0.410 e. The summed E-state index contributed by atoms with van der Waals surface area (Å²) in [5.74, 6) is -0.722. The second-order valence-corrected chi connectivity index (χ2v) is 6.06. The normalized spacial score (nSPS) is 12.2. The van der Waals surface area contributed by atoms with Crippen LogP contribution in [0.5, 0.6) is 0 Å². The van der Waals surface area contributed by atoms with E-state index in [1.165, 1.54) is 11.3 Å². The molecule has 0 unspecified atom stereocenters. The fraction of sp³-hybridized carbons (Fsp3) is 0.357. The van der Waals surface area contributed by atoms with Crippen LogP contribution in [0.3, 0.4) is 0 Å². The van der Waals surface area contributed by atoms with Crippen LogP contribution in [0, 0.1) is 0 Å².